The lowest BCUT2D eigenvalue weighted by Gasteiger charge is -2.34. The minimum absolute atomic E-state index is 0.0517. The third-order valence-electron chi connectivity index (χ3n) is 11.9. The van der Waals surface area contributed by atoms with Crippen molar-refractivity contribution in [3.8, 4) is 0 Å². The third-order valence-corrected chi connectivity index (χ3v) is 15.5. The van der Waals surface area contributed by atoms with Gasteiger partial charge in [-0.25, -0.2) is 25.4 Å². The van der Waals surface area contributed by atoms with E-state index in [4.69, 9.17) is 9.98 Å². The van der Waals surface area contributed by atoms with Gasteiger partial charge in [0.05, 0.1) is 35.0 Å². The molecule has 0 amide bonds. The summed E-state index contributed by atoms with van der Waals surface area (Å²) in [4.78, 5) is 13.1. The number of nitrogens with zero attached hydrogens (tertiary/aromatic N) is 5. The predicted octanol–water partition coefficient (Wildman–Crippen LogP) is 10.3. The van der Waals surface area contributed by atoms with Gasteiger partial charge in [0, 0.05) is 6.54 Å². The first kappa shape index (κ1) is 42.6. The molecule has 0 fully saturated rings. The van der Waals surface area contributed by atoms with Gasteiger partial charge in [0.2, 0.25) is 0 Å². The van der Waals surface area contributed by atoms with Gasteiger partial charge in [-0.15, -0.1) is 0 Å². The van der Waals surface area contributed by atoms with Crippen LogP contribution in [0.3, 0.4) is 0 Å². The zero-order valence-corrected chi connectivity index (χ0v) is 37.3. The van der Waals surface area contributed by atoms with Crippen molar-refractivity contribution in [2.75, 3.05) is 13.1 Å². The summed E-state index contributed by atoms with van der Waals surface area (Å²) in [6, 6.07) is 60.1. The Hall–Kier alpha value is -6.66. The first-order valence-electron chi connectivity index (χ1n) is 21.4. The molecule has 2 aliphatic rings. The molecule has 0 saturated heterocycles. The summed E-state index contributed by atoms with van der Waals surface area (Å²) in [5, 5.41) is 0. The molecule has 0 radical (unpaired) electrons. The first-order valence-corrected chi connectivity index (χ1v) is 24.3. The van der Waals surface area contributed by atoms with Crippen LogP contribution in [0.2, 0.25) is 0 Å². The molecule has 0 spiro atoms. The highest BCUT2D eigenvalue weighted by Gasteiger charge is 2.48. The van der Waals surface area contributed by atoms with Gasteiger partial charge in [0.1, 0.15) is 23.8 Å². The number of sulfonamides is 2. The first-order chi connectivity index (χ1) is 31.1. The highest BCUT2D eigenvalue weighted by atomic mass is 32.2. The molecule has 322 valence electrons. The van der Waals surface area contributed by atoms with Crippen LogP contribution in [0.15, 0.2) is 220 Å². The second kappa shape index (κ2) is 18.2. The Bertz CT molecular complexity index is 2790. The van der Waals surface area contributed by atoms with Crippen LogP contribution < -0.4 is 0 Å². The van der Waals surface area contributed by atoms with E-state index in [-0.39, 0.29) is 22.9 Å². The Morgan fingerprint density at radius 1 is 0.406 bits per heavy atom. The molecule has 0 N–H and O–H groups in total. The smallest absolute Gasteiger partial charge is 0.265 e. The van der Waals surface area contributed by atoms with Crippen LogP contribution in [0.4, 0.5) is 0 Å². The van der Waals surface area contributed by atoms with Crippen LogP contribution >= 0.6 is 0 Å². The van der Waals surface area contributed by atoms with Crippen molar-refractivity contribution in [2.24, 2.45) is 9.98 Å². The normalized spacial score (nSPS) is 18.9. The fraction of sp³-hybridized carbons (Fsp3) is 0.170. The summed E-state index contributed by atoms with van der Waals surface area (Å²) in [6.45, 7) is 4.30. The molecule has 0 unspecified atom stereocenters. The summed E-state index contributed by atoms with van der Waals surface area (Å²) < 4.78 is 64.1. The molecule has 0 saturated carbocycles. The van der Waals surface area contributed by atoms with Gasteiger partial charge < -0.3 is 0 Å². The van der Waals surface area contributed by atoms with Crippen LogP contribution in [0.25, 0.3) is 0 Å². The lowest BCUT2D eigenvalue weighted by atomic mass is 9.95. The third kappa shape index (κ3) is 8.66. The molecule has 2 aliphatic heterocycles. The fourth-order valence-corrected chi connectivity index (χ4v) is 12.0. The lowest BCUT2D eigenvalue weighted by molar-refractivity contribution is 0.323. The summed E-state index contributed by atoms with van der Waals surface area (Å²) in [7, 11) is -8.42. The zero-order chi connectivity index (χ0) is 44.3. The van der Waals surface area contributed by atoms with Crippen LogP contribution in [-0.2, 0) is 26.6 Å². The van der Waals surface area contributed by atoms with E-state index in [1.807, 2.05) is 166 Å². The molecule has 7 aromatic rings. The zero-order valence-electron chi connectivity index (χ0n) is 35.7. The van der Waals surface area contributed by atoms with Gasteiger partial charge in [-0.2, -0.15) is 0 Å². The van der Waals surface area contributed by atoms with Crippen molar-refractivity contribution < 1.29 is 16.8 Å². The van der Waals surface area contributed by atoms with E-state index in [1.165, 1.54) is 8.61 Å². The van der Waals surface area contributed by atoms with Gasteiger partial charge in [-0.1, -0.05) is 187 Å². The highest BCUT2D eigenvalue weighted by molar-refractivity contribution is 7.90. The SMILES string of the molecule is Cc1ccc(S(=O)(=O)N2C(CN(CC3=N[C@@H](c4ccccc4)[C@H](c4ccccc4)N3S(=O)(=O)c3ccc(C)cc3)Cc3ccccc3)=N[C@@H](c3ccccc3)[C@@H]2c2ccccc2)cc1. The minimum atomic E-state index is -4.21. The largest absolute Gasteiger partial charge is 0.284 e. The van der Waals surface area contributed by atoms with Crippen LogP contribution in [-0.4, -0.2) is 55.1 Å². The minimum Gasteiger partial charge on any atom is -0.284 e. The van der Waals surface area contributed by atoms with Crippen LogP contribution in [0.1, 0.15) is 63.1 Å². The standard InChI is InChI=1S/C53H49N5O4S2/c1-39-28-32-46(33-29-39)63(59,60)57-48(54-50(42-20-10-4-11-21-42)52(57)44-24-14-6-15-25-44)37-56(36-41-18-8-3-9-19-41)38-49-55-51(43-22-12-5-13-23-43)53(45-26-16-7-17-27-45)58(49)64(61,62)47-34-30-40(2)31-35-47/h3-35,50-53H,36-38H2,1-2H3/t50-,51-,52-,53-/m0/s1. The van der Waals surface area contributed by atoms with Gasteiger partial charge >= 0.3 is 0 Å². The molecule has 0 aromatic heterocycles. The fourth-order valence-electron chi connectivity index (χ4n) is 8.76. The van der Waals surface area contributed by atoms with E-state index >= 15 is 16.8 Å². The number of amidine groups is 2. The molecule has 0 aliphatic carbocycles. The molecule has 7 aromatic carbocycles. The summed E-state index contributed by atoms with van der Waals surface area (Å²) in [5.74, 6) is 0.676. The van der Waals surface area contributed by atoms with Gasteiger partial charge in [-0.05, 0) is 65.9 Å². The monoisotopic (exact) mass is 883 g/mol. The Labute approximate surface area is 376 Å². The van der Waals surface area contributed by atoms with Crippen molar-refractivity contribution in [3.63, 3.8) is 0 Å². The maximum atomic E-state index is 15.3. The van der Waals surface area contributed by atoms with E-state index in [0.717, 1.165) is 38.9 Å². The molecular formula is C53H49N5O4S2. The summed E-state index contributed by atoms with van der Waals surface area (Å²) in [5.41, 5.74) is 6.18. The molecule has 4 atom stereocenters. The molecule has 11 heteroatoms. The number of benzene rings is 7. The van der Waals surface area contributed by atoms with Crippen molar-refractivity contribution in [1.29, 1.82) is 0 Å². The molecule has 0 bridgehead atoms. The maximum absolute atomic E-state index is 15.3. The summed E-state index contributed by atoms with van der Waals surface area (Å²) in [6.07, 6.45) is 0. The van der Waals surface area contributed by atoms with Crippen LogP contribution in [0, 0.1) is 13.8 Å². The molecule has 2 heterocycles. The van der Waals surface area contributed by atoms with Crippen molar-refractivity contribution in [1.82, 2.24) is 13.5 Å². The number of hydrogen-bond donors (Lipinski definition) is 0. The maximum Gasteiger partial charge on any atom is 0.265 e. The number of hydrogen-bond acceptors (Lipinski definition) is 7. The van der Waals surface area contributed by atoms with Crippen molar-refractivity contribution in [3.05, 3.63) is 239 Å². The van der Waals surface area contributed by atoms with Gasteiger partial charge in [0.15, 0.2) is 0 Å². The molecule has 9 rings (SSSR count). The topological polar surface area (TPSA) is 103 Å². The van der Waals surface area contributed by atoms with Crippen LogP contribution in [0.5, 0.6) is 0 Å². The van der Waals surface area contributed by atoms with Crippen molar-refractivity contribution in [2.45, 2.75) is 54.4 Å². The second-order valence-corrected chi connectivity index (χ2v) is 20.0. The molecule has 9 nitrogen and oxygen atoms in total. The highest BCUT2D eigenvalue weighted by Crippen LogP contribution is 2.47. The Kier molecular flexibility index (Phi) is 12.1. The molecule has 64 heavy (non-hydrogen) atoms. The lowest BCUT2D eigenvalue weighted by Crippen LogP contribution is -2.47. The van der Waals surface area contributed by atoms with Gasteiger partial charge in [0.25, 0.3) is 20.0 Å². The van der Waals surface area contributed by atoms with E-state index < -0.39 is 44.2 Å². The predicted molar refractivity (Wildman–Crippen MR) is 254 cm³/mol. The average molecular weight is 884 g/mol. The Morgan fingerprint density at radius 2 is 0.719 bits per heavy atom. The van der Waals surface area contributed by atoms with Gasteiger partial charge in [-0.3, -0.25) is 14.9 Å². The number of aliphatic imine (C=N–C) groups is 2. The van der Waals surface area contributed by atoms with E-state index in [9.17, 15) is 0 Å². The van der Waals surface area contributed by atoms with E-state index in [0.29, 0.717) is 18.2 Å². The molecular weight excluding hydrogens is 835 g/mol. The van der Waals surface area contributed by atoms with E-state index in [2.05, 4.69) is 4.90 Å². The quantitative estimate of drug-likeness (QED) is 0.108. The van der Waals surface area contributed by atoms with Crippen molar-refractivity contribution >= 4 is 31.7 Å². The number of rotatable bonds is 14. The Balaban J connectivity index is 1.21. The number of aryl methyl sites for hydroxylation is 2. The average Bonchev–Trinajstić information content (AvgIpc) is 3.91. The second-order valence-electron chi connectivity index (χ2n) is 16.4. The van der Waals surface area contributed by atoms with E-state index in [1.54, 1.807) is 48.5 Å². The Morgan fingerprint density at radius 3 is 1.06 bits per heavy atom. The summed E-state index contributed by atoms with van der Waals surface area (Å²) >= 11 is 0.